The van der Waals surface area contributed by atoms with Gasteiger partial charge in [-0.15, -0.1) is 0 Å². The van der Waals surface area contributed by atoms with Crippen molar-refractivity contribution in [1.29, 1.82) is 0 Å². The number of hydrogen-bond acceptors (Lipinski definition) is 4. The molecular formula is C15H28F2N2O2. The minimum absolute atomic E-state index is 0.0246. The van der Waals surface area contributed by atoms with E-state index in [4.69, 9.17) is 4.74 Å². The Bertz CT molecular complexity index is 340. The zero-order valence-corrected chi connectivity index (χ0v) is 13.5. The molecule has 2 atom stereocenters. The maximum Gasteiger partial charge on any atom is 0.326 e. The molecule has 1 aliphatic rings. The van der Waals surface area contributed by atoms with E-state index in [1.54, 1.807) is 18.9 Å². The van der Waals surface area contributed by atoms with Crippen molar-refractivity contribution in [3.05, 3.63) is 0 Å². The molecule has 1 fully saturated rings. The van der Waals surface area contributed by atoms with Gasteiger partial charge in [0.15, 0.2) is 0 Å². The monoisotopic (exact) mass is 306 g/mol. The summed E-state index contributed by atoms with van der Waals surface area (Å²) in [4.78, 5) is 14.1. The Morgan fingerprint density at radius 3 is 2.67 bits per heavy atom. The molecule has 0 aromatic carbocycles. The van der Waals surface area contributed by atoms with Crippen molar-refractivity contribution in [2.45, 2.75) is 70.5 Å². The SMILES string of the molecule is CCOC(=O)C1(NC(C)C)CCCC(N(C)CC(F)F)C1. The number of alkyl halides is 2. The number of esters is 1. The fourth-order valence-corrected chi connectivity index (χ4v) is 3.19. The van der Waals surface area contributed by atoms with Crippen molar-refractivity contribution < 1.29 is 18.3 Å². The molecule has 124 valence electrons. The molecule has 0 aromatic rings. The third-order valence-corrected chi connectivity index (χ3v) is 4.01. The number of halogens is 2. The van der Waals surface area contributed by atoms with Gasteiger partial charge in [-0.2, -0.15) is 0 Å². The summed E-state index contributed by atoms with van der Waals surface area (Å²) in [6.45, 7) is 5.81. The highest BCUT2D eigenvalue weighted by atomic mass is 19.3. The number of hydrogen-bond donors (Lipinski definition) is 1. The molecule has 0 radical (unpaired) electrons. The highest BCUT2D eigenvalue weighted by Crippen LogP contribution is 2.32. The zero-order chi connectivity index (χ0) is 16.0. The molecule has 0 aromatic heterocycles. The van der Waals surface area contributed by atoms with Gasteiger partial charge in [-0.3, -0.25) is 15.0 Å². The molecule has 1 aliphatic carbocycles. The average Bonchev–Trinajstić information content (AvgIpc) is 2.37. The predicted octanol–water partition coefficient (Wildman–Crippen LogP) is 2.43. The first kappa shape index (κ1) is 18.3. The van der Waals surface area contributed by atoms with E-state index in [2.05, 4.69) is 5.32 Å². The maximum absolute atomic E-state index is 12.6. The first-order valence-corrected chi connectivity index (χ1v) is 7.74. The fourth-order valence-electron chi connectivity index (χ4n) is 3.19. The highest BCUT2D eigenvalue weighted by molar-refractivity contribution is 5.81. The van der Waals surface area contributed by atoms with Crippen LogP contribution in [0.2, 0.25) is 0 Å². The van der Waals surface area contributed by atoms with Crippen molar-refractivity contribution in [1.82, 2.24) is 10.2 Å². The number of carbonyl (C=O) groups excluding carboxylic acids is 1. The quantitative estimate of drug-likeness (QED) is 0.734. The molecule has 6 heteroatoms. The molecular weight excluding hydrogens is 278 g/mol. The number of nitrogens with zero attached hydrogens (tertiary/aromatic N) is 1. The summed E-state index contributed by atoms with van der Waals surface area (Å²) in [7, 11) is 1.70. The largest absolute Gasteiger partial charge is 0.465 e. The van der Waals surface area contributed by atoms with Gasteiger partial charge in [-0.25, -0.2) is 8.78 Å². The van der Waals surface area contributed by atoms with Crippen LogP contribution >= 0.6 is 0 Å². The van der Waals surface area contributed by atoms with Crippen molar-refractivity contribution in [2.24, 2.45) is 0 Å². The predicted molar refractivity (Wildman–Crippen MR) is 78.5 cm³/mol. The standard InChI is InChI=1S/C15H28F2N2O2/c1-5-21-14(20)15(18-11(2)3)8-6-7-12(9-15)19(4)10-13(16)17/h11-13,18H,5-10H2,1-4H3. The number of carbonyl (C=O) groups is 1. The lowest BCUT2D eigenvalue weighted by molar-refractivity contribution is -0.154. The van der Waals surface area contributed by atoms with E-state index < -0.39 is 12.0 Å². The van der Waals surface area contributed by atoms with Crippen LogP contribution in [-0.2, 0) is 9.53 Å². The third-order valence-electron chi connectivity index (χ3n) is 4.01. The molecule has 0 bridgehead atoms. The minimum Gasteiger partial charge on any atom is -0.465 e. The van der Waals surface area contributed by atoms with Gasteiger partial charge in [-0.05, 0) is 53.5 Å². The van der Waals surface area contributed by atoms with E-state index in [1.807, 2.05) is 13.8 Å². The van der Waals surface area contributed by atoms with Crippen LogP contribution in [0.5, 0.6) is 0 Å². The highest BCUT2D eigenvalue weighted by Gasteiger charge is 2.45. The second kappa shape index (κ2) is 8.03. The van der Waals surface area contributed by atoms with Crippen LogP contribution in [0.4, 0.5) is 8.78 Å². The molecule has 1 rings (SSSR count). The van der Waals surface area contributed by atoms with E-state index in [0.29, 0.717) is 19.4 Å². The van der Waals surface area contributed by atoms with Crippen molar-refractivity contribution in [2.75, 3.05) is 20.2 Å². The summed E-state index contributed by atoms with van der Waals surface area (Å²) in [5.41, 5.74) is -0.747. The van der Waals surface area contributed by atoms with Crippen LogP contribution in [0.25, 0.3) is 0 Å². The Kier molecular flexibility index (Phi) is 7.00. The van der Waals surface area contributed by atoms with Crippen molar-refractivity contribution in [3.8, 4) is 0 Å². The lowest BCUT2D eigenvalue weighted by Gasteiger charge is -2.43. The molecule has 1 saturated carbocycles. The molecule has 0 saturated heterocycles. The Morgan fingerprint density at radius 1 is 1.48 bits per heavy atom. The maximum atomic E-state index is 12.6. The van der Waals surface area contributed by atoms with E-state index in [-0.39, 0.29) is 24.6 Å². The van der Waals surface area contributed by atoms with Gasteiger partial charge in [0, 0.05) is 12.1 Å². The Labute approximate surface area is 126 Å². The van der Waals surface area contributed by atoms with Crippen LogP contribution in [0, 0.1) is 0 Å². The molecule has 21 heavy (non-hydrogen) atoms. The van der Waals surface area contributed by atoms with Gasteiger partial charge in [0.25, 0.3) is 6.43 Å². The molecule has 0 spiro atoms. The molecule has 2 unspecified atom stereocenters. The van der Waals surface area contributed by atoms with E-state index in [1.165, 1.54) is 0 Å². The second-order valence-electron chi connectivity index (χ2n) is 6.18. The normalized spacial score (nSPS) is 26.6. The average molecular weight is 306 g/mol. The van der Waals surface area contributed by atoms with Crippen molar-refractivity contribution >= 4 is 5.97 Å². The Balaban J connectivity index is 2.84. The summed E-state index contributed by atoms with van der Waals surface area (Å²) in [6, 6.07) is 0.108. The minimum atomic E-state index is -2.35. The van der Waals surface area contributed by atoms with Gasteiger partial charge in [-0.1, -0.05) is 0 Å². The lowest BCUT2D eigenvalue weighted by atomic mass is 9.78. The van der Waals surface area contributed by atoms with Gasteiger partial charge in [0.2, 0.25) is 0 Å². The number of nitrogens with one attached hydrogen (secondary N) is 1. The second-order valence-corrected chi connectivity index (χ2v) is 6.18. The van der Waals surface area contributed by atoms with Gasteiger partial charge in [0.1, 0.15) is 5.54 Å². The first-order chi connectivity index (χ1) is 9.80. The summed E-state index contributed by atoms with van der Waals surface area (Å²) in [5, 5.41) is 3.33. The molecule has 0 amide bonds. The smallest absolute Gasteiger partial charge is 0.326 e. The fraction of sp³-hybridized carbons (Fsp3) is 0.933. The third kappa shape index (κ3) is 5.18. The van der Waals surface area contributed by atoms with Crippen LogP contribution in [0.3, 0.4) is 0 Å². The van der Waals surface area contributed by atoms with Crippen molar-refractivity contribution in [3.63, 3.8) is 0 Å². The number of rotatable bonds is 7. The van der Waals surface area contributed by atoms with E-state index >= 15 is 0 Å². The van der Waals surface area contributed by atoms with Crippen LogP contribution in [0.1, 0.15) is 46.5 Å². The Hall–Kier alpha value is -0.750. The summed E-state index contributed by atoms with van der Waals surface area (Å²) in [5.74, 6) is -0.256. The molecule has 0 aliphatic heterocycles. The summed E-state index contributed by atoms with van der Waals surface area (Å²) >= 11 is 0. The van der Waals surface area contributed by atoms with Crippen LogP contribution in [0.15, 0.2) is 0 Å². The first-order valence-electron chi connectivity index (χ1n) is 7.74. The topological polar surface area (TPSA) is 41.6 Å². The van der Waals surface area contributed by atoms with Crippen LogP contribution < -0.4 is 5.32 Å². The van der Waals surface area contributed by atoms with E-state index in [0.717, 1.165) is 12.8 Å². The lowest BCUT2D eigenvalue weighted by Crippen LogP contribution is -2.60. The molecule has 4 nitrogen and oxygen atoms in total. The number of ether oxygens (including phenoxy) is 1. The molecule has 0 heterocycles. The van der Waals surface area contributed by atoms with Gasteiger partial charge in [0.05, 0.1) is 13.2 Å². The van der Waals surface area contributed by atoms with Gasteiger partial charge < -0.3 is 4.74 Å². The Morgan fingerprint density at radius 2 is 2.14 bits per heavy atom. The zero-order valence-electron chi connectivity index (χ0n) is 13.5. The molecule has 1 N–H and O–H groups in total. The van der Waals surface area contributed by atoms with E-state index in [9.17, 15) is 13.6 Å². The summed E-state index contributed by atoms with van der Waals surface area (Å²) in [6.07, 6.45) is 0.531. The van der Waals surface area contributed by atoms with Gasteiger partial charge >= 0.3 is 5.97 Å². The van der Waals surface area contributed by atoms with Crippen LogP contribution in [-0.4, -0.2) is 55.1 Å². The summed E-state index contributed by atoms with van der Waals surface area (Å²) < 4.78 is 30.4.